The summed E-state index contributed by atoms with van der Waals surface area (Å²) in [7, 11) is 0. The first-order chi connectivity index (χ1) is 18.2. The van der Waals surface area contributed by atoms with E-state index < -0.39 is 0 Å². The predicted octanol–water partition coefficient (Wildman–Crippen LogP) is 3.78. The van der Waals surface area contributed by atoms with Crippen LogP contribution in [-0.2, 0) is 4.79 Å². The van der Waals surface area contributed by atoms with Gasteiger partial charge in [0.05, 0.1) is 17.3 Å². The van der Waals surface area contributed by atoms with E-state index in [0.717, 1.165) is 77.1 Å². The van der Waals surface area contributed by atoms with Gasteiger partial charge in [-0.25, -0.2) is 4.52 Å². The maximum atomic E-state index is 11.0. The third kappa shape index (κ3) is 6.05. The molecule has 1 amide bonds. The highest BCUT2D eigenvalue weighted by Gasteiger charge is 2.19. The molecule has 0 atom stereocenters. The minimum absolute atomic E-state index is 0.392. The van der Waals surface area contributed by atoms with Gasteiger partial charge in [-0.3, -0.25) is 4.79 Å². The number of carbonyl (C=O) groups excluding carboxylic acids is 1. The van der Waals surface area contributed by atoms with Crippen LogP contribution >= 0.6 is 0 Å². The zero-order chi connectivity index (χ0) is 25.5. The number of anilines is 2. The summed E-state index contributed by atoms with van der Waals surface area (Å²) in [6.45, 7) is 7.42. The smallest absolute Gasteiger partial charge is 0.209 e. The monoisotopic (exact) mass is 499 g/mol. The van der Waals surface area contributed by atoms with Gasteiger partial charge in [0.15, 0.2) is 0 Å². The van der Waals surface area contributed by atoms with E-state index in [1.165, 1.54) is 41.8 Å². The van der Waals surface area contributed by atoms with Gasteiger partial charge in [0, 0.05) is 81.9 Å². The van der Waals surface area contributed by atoms with E-state index in [1.807, 2.05) is 15.6 Å². The molecule has 0 spiro atoms. The molecule has 2 aliphatic heterocycles. The molecular weight excluding hydrogens is 462 g/mol. The Morgan fingerprint density at radius 2 is 1.62 bits per heavy atom. The second kappa shape index (κ2) is 12.1. The largest absolute Gasteiger partial charge is 0.369 e. The summed E-state index contributed by atoms with van der Waals surface area (Å²) >= 11 is 0. The molecule has 1 N–H and O–H groups in total. The van der Waals surface area contributed by atoms with Crippen molar-refractivity contribution in [2.75, 3.05) is 62.2 Å². The van der Waals surface area contributed by atoms with Crippen molar-refractivity contribution in [3.8, 4) is 17.2 Å². The Kier molecular flexibility index (Phi) is 8.21. The molecule has 1 aliphatic carbocycles. The van der Waals surface area contributed by atoms with E-state index in [1.54, 1.807) is 0 Å². The first-order valence-corrected chi connectivity index (χ1v) is 13.6. The Bertz CT molecular complexity index is 1200. The molecule has 3 fully saturated rings. The van der Waals surface area contributed by atoms with Gasteiger partial charge >= 0.3 is 0 Å². The fourth-order valence-electron chi connectivity index (χ4n) is 5.51. The van der Waals surface area contributed by atoms with Crippen molar-refractivity contribution in [3.63, 3.8) is 0 Å². The van der Waals surface area contributed by atoms with Crippen molar-refractivity contribution in [3.05, 3.63) is 48.8 Å². The zero-order valence-corrected chi connectivity index (χ0v) is 21.6. The average Bonchev–Trinajstić information content (AvgIpc) is 3.43. The van der Waals surface area contributed by atoms with Gasteiger partial charge in [-0.2, -0.15) is 10.4 Å². The van der Waals surface area contributed by atoms with Gasteiger partial charge in [-0.05, 0) is 42.7 Å². The molecule has 2 saturated heterocycles. The highest BCUT2D eigenvalue weighted by Crippen LogP contribution is 2.30. The standard InChI is InChI=1S/C22H26N6O.C7H11N/c29-17-25-11-13-27(14-12-25)21-5-6-24-28-16-19(15-22(21)28)18-1-3-20(4-2-18)26-9-7-23-8-10-26;8-6-7-4-2-1-3-5-7/h1-6,15-17,23H,7-14H2;7H,1-5H2. The molecule has 8 nitrogen and oxygen atoms in total. The third-order valence-electron chi connectivity index (χ3n) is 7.76. The molecule has 37 heavy (non-hydrogen) atoms. The second-order valence-corrected chi connectivity index (χ2v) is 10.2. The molecular formula is C29H37N7O. The fraction of sp³-hybridized carbons (Fsp3) is 0.483. The fourth-order valence-corrected chi connectivity index (χ4v) is 5.51. The SMILES string of the molecule is N#CC1CCCCC1.O=CN1CCN(c2ccnn3cc(-c4ccc(N5CCNCC5)cc4)cc23)CC1. The highest BCUT2D eigenvalue weighted by atomic mass is 16.1. The van der Waals surface area contributed by atoms with E-state index in [0.29, 0.717) is 5.92 Å². The van der Waals surface area contributed by atoms with Crippen LogP contribution < -0.4 is 15.1 Å². The summed E-state index contributed by atoms with van der Waals surface area (Å²) in [5.41, 5.74) is 5.93. The Morgan fingerprint density at radius 3 is 2.27 bits per heavy atom. The molecule has 4 heterocycles. The average molecular weight is 500 g/mol. The van der Waals surface area contributed by atoms with E-state index in [4.69, 9.17) is 5.26 Å². The van der Waals surface area contributed by atoms with Crippen LogP contribution in [0.15, 0.2) is 48.8 Å². The van der Waals surface area contributed by atoms with Gasteiger partial charge in [0.1, 0.15) is 0 Å². The molecule has 2 aromatic heterocycles. The number of benzene rings is 1. The van der Waals surface area contributed by atoms with E-state index in [2.05, 4.69) is 68.9 Å². The summed E-state index contributed by atoms with van der Waals surface area (Å²) < 4.78 is 1.96. The number of carbonyl (C=O) groups is 1. The minimum atomic E-state index is 0.392. The lowest BCUT2D eigenvalue weighted by atomic mass is 9.91. The van der Waals surface area contributed by atoms with Crippen molar-refractivity contribution in [1.29, 1.82) is 5.26 Å². The number of amides is 1. The molecule has 0 bridgehead atoms. The van der Waals surface area contributed by atoms with Gasteiger partial charge < -0.3 is 20.0 Å². The van der Waals surface area contributed by atoms with Crippen molar-refractivity contribution < 1.29 is 4.79 Å². The van der Waals surface area contributed by atoms with Crippen molar-refractivity contribution in [1.82, 2.24) is 19.8 Å². The molecule has 8 heteroatoms. The number of hydrogen-bond acceptors (Lipinski definition) is 6. The van der Waals surface area contributed by atoms with Gasteiger partial charge in [0.2, 0.25) is 6.41 Å². The number of nitrogens with one attached hydrogen (secondary N) is 1. The Morgan fingerprint density at radius 1 is 0.892 bits per heavy atom. The molecule has 0 radical (unpaired) electrons. The summed E-state index contributed by atoms with van der Waals surface area (Å²) in [5.74, 6) is 0.392. The van der Waals surface area contributed by atoms with Crippen LogP contribution in [0.5, 0.6) is 0 Å². The predicted molar refractivity (Wildman–Crippen MR) is 148 cm³/mol. The number of fused-ring (bicyclic) bond motifs is 1. The van der Waals surface area contributed by atoms with Crippen LogP contribution in [0.4, 0.5) is 11.4 Å². The molecule has 1 aromatic carbocycles. The van der Waals surface area contributed by atoms with Crippen LogP contribution in [0, 0.1) is 17.2 Å². The molecule has 3 aliphatic rings. The lowest BCUT2D eigenvalue weighted by Crippen LogP contribution is -2.45. The number of rotatable bonds is 4. The number of nitriles is 1. The summed E-state index contributed by atoms with van der Waals surface area (Å²) in [6, 6.07) is 15.4. The number of piperazine rings is 2. The summed E-state index contributed by atoms with van der Waals surface area (Å²) in [5, 5.41) is 16.4. The highest BCUT2D eigenvalue weighted by molar-refractivity contribution is 5.80. The number of hydrogen-bond donors (Lipinski definition) is 1. The van der Waals surface area contributed by atoms with Crippen molar-refractivity contribution in [2.24, 2.45) is 5.92 Å². The summed E-state index contributed by atoms with van der Waals surface area (Å²) in [6.07, 6.45) is 11.1. The lowest BCUT2D eigenvalue weighted by molar-refractivity contribution is -0.118. The Labute approximate surface area is 219 Å². The Balaban J connectivity index is 0.000000301. The topological polar surface area (TPSA) is 79.9 Å². The van der Waals surface area contributed by atoms with Crippen LogP contribution in [-0.4, -0.2) is 73.3 Å². The number of aromatic nitrogens is 2. The first-order valence-electron chi connectivity index (χ1n) is 13.6. The van der Waals surface area contributed by atoms with Gasteiger partial charge in [-0.15, -0.1) is 0 Å². The molecule has 3 aromatic rings. The van der Waals surface area contributed by atoms with Crippen molar-refractivity contribution in [2.45, 2.75) is 32.1 Å². The van der Waals surface area contributed by atoms with E-state index >= 15 is 0 Å². The van der Waals surface area contributed by atoms with Crippen LogP contribution in [0.25, 0.3) is 16.6 Å². The molecule has 1 saturated carbocycles. The Hall–Kier alpha value is -3.57. The molecule has 194 valence electrons. The minimum Gasteiger partial charge on any atom is -0.369 e. The molecule has 0 unspecified atom stereocenters. The quantitative estimate of drug-likeness (QED) is 0.551. The van der Waals surface area contributed by atoms with Crippen LogP contribution in [0.2, 0.25) is 0 Å². The third-order valence-corrected chi connectivity index (χ3v) is 7.76. The normalized spacial score (nSPS) is 18.7. The maximum absolute atomic E-state index is 11.0. The maximum Gasteiger partial charge on any atom is 0.209 e. The first kappa shape index (κ1) is 25.1. The van der Waals surface area contributed by atoms with E-state index in [9.17, 15) is 4.79 Å². The van der Waals surface area contributed by atoms with Crippen molar-refractivity contribution >= 4 is 23.3 Å². The second-order valence-electron chi connectivity index (χ2n) is 10.2. The van der Waals surface area contributed by atoms with E-state index in [-0.39, 0.29) is 0 Å². The van der Waals surface area contributed by atoms with Gasteiger partial charge in [0.25, 0.3) is 0 Å². The van der Waals surface area contributed by atoms with Crippen LogP contribution in [0.3, 0.4) is 0 Å². The lowest BCUT2D eigenvalue weighted by Gasteiger charge is -2.34. The summed E-state index contributed by atoms with van der Waals surface area (Å²) in [4.78, 5) is 17.6. The number of nitrogens with zero attached hydrogens (tertiary/aromatic N) is 6. The van der Waals surface area contributed by atoms with Gasteiger partial charge in [-0.1, -0.05) is 31.4 Å². The zero-order valence-electron chi connectivity index (χ0n) is 21.6. The van der Waals surface area contributed by atoms with Crippen LogP contribution in [0.1, 0.15) is 32.1 Å². The molecule has 6 rings (SSSR count).